The third-order valence-corrected chi connectivity index (χ3v) is 4.24. The first-order valence-corrected chi connectivity index (χ1v) is 7.86. The van der Waals surface area contributed by atoms with Crippen LogP contribution in [0, 0.1) is 0 Å². The van der Waals surface area contributed by atoms with Gasteiger partial charge >= 0.3 is 0 Å². The third kappa shape index (κ3) is 2.96. The van der Waals surface area contributed by atoms with Crippen molar-refractivity contribution in [2.24, 2.45) is 0 Å². The van der Waals surface area contributed by atoms with Crippen molar-refractivity contribution < 1.29 is 14.3 Å². The Labute approximate surface area is 128 Å². The monoisotopic (exact) mass is 353 g/mol. The number of hydrogen-bond donors (Lipinski definition) is 1. The molecule has 3 rings (SSSR count). The van der Waals surface area contributed by atoms with Gasteiger partial charge in [-0.15, -0.1) is 0 Å². The number of halogens is 1. The van der Waals surface area contributed by atoms with E-state index in [0.29, 0.717) is 36.8 Å². The molecule has 0 saturated heterocycles. The molecular formula is C14H12BrNO3S. The highest BCUT2D eigenvalue weighted by molar-refractivity contribution is 9.10. The van der Waals surface area contributed by atoms with Crippen molar-refractivity contribution in [3.63, 3.8) is 0 Å². The Morgan fingerprint density at radius 1 is 1.30 bits per heavy atom. The second-order valence-electron chi connectivity index (χ2n) is 4.33. The summed E-state index contributed by atoms with van der Waals surface area (Å²) in [5.41, 5.74) is 1.70. The first-order chi connectivity index (χ1) is 9.72. The highest BCUT2D eigenvalue weighted by atomic mass is 79.9. The van der Waals surface area contributed by atoms with E-state index in [1.165, 1.54) is 0 Å². The van der Waals surface area contributed by atoms with Crippen LogP contribution in [-0.4, -0.2) is 19.1 Å². The lowest BCUT2D eigenvalue weighted by molar-refractivity contribution is -0.115. The lowest BCUT2D eigenvalue weighted by atomic mass is 10.2. The summed E-state index contributed by atoms with van der Waals surface area (Å²) in [5.74, 6) is 1.30. The number of benzene rings is 1. The van der Waals surface area contributed by atoms with E-state index in [0.717, 1.165) is 10.0 Å². The number of rotatable bonds is 3. The first kappa shape index (κ1) is 13.5. The summed E-state index contributed by atoms with van der Waals surface area (Å²) < 4.78 is 11.8. The van der Waals surface area contributed by atoms with Gasteiger partial charge in [-0.25, -0.2) is 0 Å². The number of ether oxygens (including phenoxy) is 2. The van der Waals surface area contributed by atoms with Gasteiger partial charge < -0.3 is 14.8 Å². The molecule has 1 aromatic carbocycles. The van der Waals surface area contributed by atoms with E-state index in [9.17, 15) is 4.79 Å². The fraction of sp³-hybridized carbons (Fsp3) is 0.214. The number of anilines is 1. The molecular weight excluding hydrogens is 342 g/mol. The van der Waals surface area contributed by atoms with Crippen molar-refractivity contribution in [1.29, 1.82) is 0 Å². The zero-order valence-electron chi connectivity index (χ0n) is 10.5. The van der Waals surface area contributed by atoms with Crippen LogP contribution in [-0.2, 0) is 11.2 Å². The molecule has 0 saturated carbocycles. The highest BCUT2D eigenvalue weighted by Crippen LogP contribution is 2.38. The lowest BCUT2D eigenvalue weighted by Gasteiger charge is -2.20. The highest BCUT2D eigenvalue weighted by Gasteiger charge is 2.16. The molecule has 0 atom stereocenters. The van der Waals surface area contributed by atoms with Crippen molar-refractivity contribution in [2.45, 2.75) is 6.42 Å². The predicted molar refractivity (Wildman–Crippen MR) is 81.8 cm³/mol. The Morgan fingerprint density at radius 2 is 2.05 bits per heavy atom. The SMILES string of the molecule is O=C(Cc1ccsc1)Nc1cc2c(cc1Br)OCCO2. The second-order valence-corrected chi connectivity index (χ2v) is 5.97. The molecule has 6 heteroatoms. The summed E-state index contributed by atoms with van der Waals surface area (Å²) in [4.78, 5) is 12.0. The van der Waals surface area contributed by atoms with Crippen LogP contribution in [0.1, 0.15) is 5.56 Å². The minimum absolute atomic E-state index is 0.0548. The molecule has 0 aliphatic carbocycles. The largest absolute Gasteiger partial charge is 0.486 e. The zero-order valence-corrected chi connectivity index (χ0v) is 12.9. The van der Waals surface area contributed by atoms with Crippen LogP contribution in [0.3, 0.4) is 0 Å². The molecule has 2 aromatic rings. The number of thiophene rings is 1. The van der Waals surface area contributed by atoms with Gasteiger partial charge in [0.1, 0.15) is 13.2 Å². The number of fused-ring (bicyclic) bond motifs is 1. The summed E-state index contributed by atoms with van der Waals surface area (Å²) in [6.45, 7) is 1.07. The first-order valence-electron chi connectivity index (χ1n) is 6.12. The van der Waals surface area contributed by atoms with E-state index in [2.05, 4.69) is 21.2 Å². The van der Waals surface area contributed by atoms with Gasteiger partial charge in [-0.05, 0) is 38.3 Å². The zero-order chi connectivity index (χ0) is 13.9. The summed E-state index contributed by atoms with van der Waals surface area (Å²) in [6, 6.07) is 5.54. The van der Waals surface area contributed by atoms with Crippen LogP contribution < -0.4 is 14.8 Å². The maximum atomic E-state index is 12.0. The molecule has 104 valence electrons. The number of hydrogen-bond acceptors (Lipinski definition) is 4. The molecule has 0 unspecified atom stereocenters. The third-order valence-electron chi connectivity index (χ3n) is 2.85. The minimum atomic E-state index is -0.0548. The number of nitrogens with one attached hydrogen (secondary N) is 1. The fourth-order valence-electron chi connectivity index (χ4n) is 1.93. The molecule has 1 amide bonds. The summed E-state index contributed by atoms with van der Waals surface area (Å²) in [5, 5.41) is 6.81. The van der Waals surface area contributed by atoms with Crippen molar-refractivity contribution in [3.8, 4) is 11.5 Å². The topological polar surface area (TPSA) is 47.6 Å². The van der Waals surface area contributed by atoms with Crippen LogP contribution in [0.15, 0.2) is 33.4 Å². The molecule has 0 spiro atoms. The summed E-state index contributed by atoms with van der Waals surface area (Å²) in [7, 11) is 0. The molecule has 20 heavy (non-hydrogen) atoms. The number of amides is 1. The Morgan fingerprint density at radius 3 is 2.75 bits per heavy atom. The van der Waals surface area contributed by atoms with Gasteiger partial charge in [0.15, 0.2) is 11.5 Å². The van der Waals surface area contributed by atoms with E-state index in [1.807, 2.05) is 22.9 Å². The van der Waals surface area contributed by atoms with E-state index in [-0.39, 0.29) is 5.91 Å². The van der Waals surface area contributed by atoms with Crippen LogP contribution in [0.4, 0.5) is 5.69 Å². The summed E-state index contributed by atoms with van der Waals surface area (Å²) in [6.07, 6.45) is 0.365. The van der Waals surface area contributed by atoms with E-state index < -0.39 is 0 Å². The maximum absolute atomic E-state index is 12.0. The van der Waals surface area contributed by atoms with Gasteiger partial charge in [-0.1, -0.05) is 0 Å². The Kier molecular flexibility index (Phi) is 3.93. The van der Waals surface area contributed by atoms with Gasteiger partial charge in [0, 0.05) is 16.6 Å². The van der Waals surface area contributed by atoms with E-state index in [1.54, 1.807) is 17.4 Å². The average Bonchev–Trinajstić information content (AvgIpc) is 2.92. The number of carbonyl (C=O) groups excluding carboxylic acids is 1. The van der Waals surface area contributed by atoms with Crippen LogP contribution in [0.5, 0.6) is 11.5 Å². The normalized spacial score (nSPS) is 13.1. The number of carbonyl (C=O) groups is 1. The van der Waals surface area contributed by atoms with Crippen molar-refractivity contribution in [2.75, 3.05) is 18.5 Å². The molecule has 1 aromatic heterocycles. The Balaban J connectivity index is 1.75. The van der Waals surface area contributed by atoms with Gasteiger partial charge in [0.05, 0.1) is 12.1 Å². The van der Waals surface area contributed by atoms with Gasteiger partial charge in [0.2, 0.25) is 5.91 Å². The van der Waals surface area contributed by atoms with Crippen molar-refractivity contribution in [1.82, 2.24) is 0 Å². The van der Waals surface area contributed by atoms with Crippen LogP contribution in [0.2, 0.25) is 0 Å². The second kappa shape index (κ2) is 5.85. The molecule has 1 aliphatic rings. The molecule has 0 radical (unpaired) electrons. The fourth-order valence-corrected chi connectivity index (χ4v) is 3.02. The Hall–Kier alpha value is -1.53. The van der Waals surface area contributed by atoms with E-state index in [4.69, 9.17) is 9.47 Å². The molecule has 0 fully saturated rings. The maximum Gasteiger partial charge on any atom is 0.228 e. The molecule has 1 aliphatic heterocycles. The smallest absolute Gasteiger partial charge is 0.228 e. The lowest BCUT2D eigenvalue weighted by Crippen LogP contribution is -2.17. The molecule has 0 bridgehead atoms. The van der Waals surface area contributed by atoms with Crippen LogP contribution in [0.25, 0.3) is 0 Å². The van der Waals surface area contributed by atoms with E-state index >= 15 is 0 Å². The summed E-state index contributed by atoms with van der Waals surface area (Å²) >= 11 is 5.02. The standard InChI is InChI=1S/C14H12BrNO3S/c15-10-6-12-13(19-3-2-18-12)7-11(10)16-14(17)5-9-1-4-20-8-9/h1,4,6-8H,2-3,5H2,(H,16,17). The predicted octanol–water partition coefficient (Wildman–Crippen LogP) is 3.46. The molecule has 2 heterocycles. The van der Waals surface area contributed by atoms with Gasteiger partial charge in [-0.3, -0.25) is 4.79 Å². The molecule has 4 nitrogen and oxygen atoms in total. The molecule has 1 N–H and O–H groups in total. The Bertz CT molecular complexity index is 628. The van der Waals surface area contributed by atoms with Crippen molar-refractivity contribution in [3.05, 3.63) is 39.0 Å². The average molecular weight is 354 g/mol. The minimum Gasteiger partial charge on any atom is -0.486 e. The van der Waals surface area contributed by atoms with Gasteiger partial charge in [0.25, 0.3) is 0 Å². The van der Waals surface area contributed by atoms with Crippen molar-refractivity contribution >= 4 is 38.9 Å². The van der Waals surface area contributed by atoms with Gasteiger partial charge in [-0.2, -0.15) is 11.3 Å². The van der Waals surface area contributed by atoms with Crippen LogP contribution >= 0.6 is 27.3 Å². The quantitative estimate of drug-likeness (QED) is 0.918.